The van der Waals surface area contributed by atoms with Crippen LogP contribution < -0.4 is 5.32 Å². The van der Waals surface area contributed by atoms with E-state index >= 15 is 0 Å². The molecule has 2 aromatic rings. The number of anilines is 1. The predicted octanol–water partition coefficient (Wildman–Crippen LogP) is 3.14. The lowest BCUT2D eigenvalue weighted by Gasteiger charge is -2.05. The third-order valence-corrected chi connectivity index (χ3v) is 3.61. The van der Waals surface area contributed by atoms with Crippen molar-refractivity contribution in [1.82, 2.24) is 0 Å². The van der Waals surface area contributed by atoms with Crippen LogP contribution in [0.15, 0.2) is 30.3 Å². The van der Waals surface area contributed by atoms with E-state index in [1.807, 2.05) is 0 Å². The fourth-order valence-corrected chi connectivity index (χ4v) is 2.39. The molecule has 2 N–H and O–H groups in total. The molecule has 0 saturated carbocycles. The van der Waals surface area contributed by atoms with Gasteiger partial charge in [0.05, 0.1) is 20.5 Å². The summed E-state index contributed by atoms with van der Waals surface area (Å²) in [4.78, 5) is 13.0. The van der Waals surface area contributed by atoms with E-state index in [1.165, 1.54) is 12.1 Å². The van der Waals surface area contributed by atoms with E-state index in [1.54, 1.807) is 18.2 Å². The maximum Gasteiger partial charge on any atom is 0.265 e. The second-order valence-electron chi connectivity index (χ2n) is 3.68. The Morgan fingerprint density at radius 2 is 2.20 bits per heavy atom. The molecule has 1 aromatic heterocycles. The van der Waals surface area contributed by atoms with Gasteiger partial charge in [0, 0.05) is 0 Å². The first kappa shape index (κ1) is 14.5. The van der Waals surface area contributed by atoms with Gasteiger partial charge in [0.15, 0.2) is 5.82 Å². The maximum absolute atomic E-state index is 13.7. The summed E-state index contributed by atoms with van der Waals surface area (Å²) in [5.41, 5.74) is 0.0268. The molecule has 6 heteroatoms. The zero-order chi connectivity index (χ0) is 14.5. The molecule has 0 spiro atoms. The number of halogens is 2. The minimum atomic E-state index is -0.667. The molecule has 0 fully saturated rings. The predicted molar refractivity (Wildman–Crippen MR) is 77.6 cm³/mol. The van der Waals surface area contributed by atoms with Crippen LogP contribution in [0.3, 0.4) is 0 Å². The van der Waals surface area contributed by atoms with Crippen molar-refractivity contribution in [1.29, 1.82) is 0 Å². The fraction of sp³-hybridized carbons (Fsp3) is 0.0714. The van der Waals surface area contributed by atoms with Gasteiger partial charge in [-0.1, -0.05) is 29.5 Å². The van der Waals surface area contributed by atoms with Gasteiger partial charge in [0.25, 0.3) is 5.91 Å². The number of aliphatic hydroxyl groups is 1. The number of rotatable bonds is 2. The molecule has 0 atom stereocenters. The standard InChI is InChI=1S/C14H9ClFNO2S/c15-10-4-1-5-11(13(10)16)17-14(19)12-7-6-9(20-12)3-2-8-18/h1,4-7,18H,8H2,(H,17,19). The van der Waals surface area contributed by atoms with Crippen LogP contribution in [0.25, 0.3) is 0 Å². The van der Waals surface area contributed by atoms with E-state index in [4.69, 9.17) is 16.7 Å². The van der Waals surface area contributed by atoms with Crippen LogP contribution in [0.1, 0.15) is 14.5 Å². The molecule has 1 amide bonds. The number of aliphatic hydroxyl groups excluding tert-OH is 1. The molecule has 2 rings (SSSR count). The molecule has 0 bridgehead atoms. The zero-order valence-electron chi connectivity index (χ0n) is 10.1. The van der Waals surface area contributed by atoms with E-state index in [0.29, 0.717) is 9.75 Å². The Hall–Kier alpha value is -1.87. The number of amides is 1. The summed E-state index contributed by atoms with van der Waals surface area (Å²) < 4.78 is 13.7. The highest BCUT2D eigenvalue weighted by molar-refractivity contribution is 7.14. The van der Waals surface area contributed by atoms with Gasteiger partial charge in [-0.15, -0.1) is 11.3 Å². The minimum Gasteiger partial charge on any atom is -0.384 e. The largest absolute Gasteiger partial charge is 0.384 e. The third-order valence-electron chi connectivity index (χ3n) is 2.32. The van der Waals surface area contributed by atoms with Gasteiger partial charge in [0.2, 0.25) is 0 Å². The summed E-state index contributed by atoms with van der Waals surface area (Å²) in [5.74, 6) is 4.08. The molecule has 0 aliphatic carbocycles. The molecule has 20 heavy (non-hydrogen) atoms. The molecule has 1 heterocycles. The normalized spacial score (nSPS) is 9.75. The highest BCUT2D eigenvalue weighted by Gasteiger charge is 2.12. The summed E-state index contributed by atoms with van der Waals surface area (Å²) >= 11 is 6.80. The van der Waals surface area contributed by atoms with E-state index < -0.39 is 11.7 Å². The summed E-state index contributed by atoms with van der Waals surface area (Å²) in [6, 6.07) is 7.63. The maximum atomic E-state index is 13.7. The van der Waals surface area contributed by atoms with Crippen LogP contribution in [0.5, 0.6) is 0 Å². The lowest BCUT2D eigenvalue weighted by Crippen LogP contribution is -2.11. The van der Waals surface area contributed by atoms with Gasteiger partial charge in [-0.3, -0.25) is 4.79 Å². The Morgan fingerprint density at radius 1 is 1.40 bits per heavy atom. The Morgan fingerprint density at radius 3 is 2.95 bits per heavy atom. The SMILES string of the molecule is O=C(Nc1cccc(Cl)c1F)c1ccc(C#CCO)s1. The van der Waals surface area contributed by atoms with Gasteiger partial charge < -0.3 is 10.4 Å². The molecule has 3 nitrogen and oxygen atoms in total. The number of hydrogen-bond acceptors (Lipinski definition) is 3. The van der Waals surface area contributed by atoms with Crippen LogP contribution in [-0.2, 0) is 0 Å². The Kier molecular flexibility index (Phi) is 4.74. The highest BCUT2D eigenvalue weighted by atomic mass is 35.5. The molecule has 0 saturated heterocycles. The Balaban J connectivity index is 2.16. The number of thiophene rings is 1. The zero-order valence-corrected chi connectivity index (χ0v) is 11.7. The lowest BCUT2D eigenvalue weighted by molar-refractivity contribution is 0.103. The van der Waals surface area contributed by atoms with Crippen molar-refractivity contribution >= 4 is 34.5 Å². The first-order valence-corrected chi connectivity index (χ1v) is 6.76. The van der Waals surface area contributed by atoms with Crippen molar-refractivity contribution in [2.45, 2.75) is 0 Å². The quantitative estimate of drug-likeness (QED) is 0.837. The van der Waals surface area contributed by atoms with Crippen LogP contribution in [-0.4, -0.2) is 17.6 Å². The monoisotopic (exact) mass is 309 g/mol. The smallest absolute Gasteiger partial charge is 0.265 e. The Bertz CT molecular complexity index is 703. The van der Waals surface area contributed by atoms with Crippen molar-refractivity contribution < 1.29 is 14.3 Å². The van der Waals surface area contributed by atoms with E-state index in [0.717, 1.165) is 11.3 Å². The van der Waals surface area contributed by atoms with E-state index in [-0.39, 0.29) is 17.3 Å². The Labute approximate surface area is 124 Å². The number of benzene rings is 1. The summed E-state index contributed by atoms with van der Waals surface area (Å²) in [6.07, 6.45) is 0. The van der Waals surface area contributed by atoms with Gasteiger partial charge in [-0.05, 0) is 24.3 Å². The average molecular weight is 310 g/mol. The molecule has 0 radical (unpaired) electrons. The average Bonchev–Trinajstić information content (AvgIpc) is 2.90. The molecule has 0 aliphatic rings. The van der Waals surface area contributed by atoms with Crippen molar-refractivity contribution in [3.63, 3.8) is 0 Å². The molecular weight excluding hydrogens is 301 g/mol. The van der Waals surface area contributed by atoms with Gasteiger partial charge in [-0.25, -0.2) is 4.39 Å². The fourth-order valence-electron chi connectivity index (χ4n) is 1.44. The first-order valence-electron chi connectivity index (χ1n) is 5.56. The highest BCUT2D eigenvalue weighted by Crippen LogP contribution is 2.23. The molecule has 0 unspecified atom stereocenters. The molecule has 0 aliphatic heterocycles. The van der Waals surface area contributed by atoms with Crippen molar-refractivity contribution in [3.05, 3.63) is 50.9 Å². The number of carbonyl (C=O) groups excluding carboxylic acids is 1. The first-order chi connectivity index (χ1) is 9.61. The second kappa shape index (κ2) is 6.53. The molecule has 102 valence electrons. The molecule has 1 aromatic carbocycles. The van der Waals surface area contributed by atoms with Crippen LogP contribution >= 0.6 is 22.9 Å². The van der Waals surface area contributed by atoms with Crippen molar-refractivity contribution in [2.24, 2.45) is 0 Å². The van der Waals surface area contributed by atoms with Crippen molar-refractivity contribution in [2.75, 3.05) is 11.9 Å². The molecular formula is C14H9ClFNO2S. The van der Waals surface area contributed by atoms with Crippen LogP contribution in [0.4, 0.5) is 10.1 Å². The second-order valence-corrected chi connectivity index (χ2v) is 5.17. The summed E-state index contributed by atoms with van der Waals surface area (Å²) in [6.45, 7) is -0.243. The summed E-state index contributed by atoms with van der Waals surface area (Å²) in [7, 11) is 0. The minimum absolute atomic E-state index is 0.0268. The number of hydrogen-bond donors (Lipinski definition) is 2. The van der Waals surface area contributed by atoms with E-state index in [9.17, 15) is 9.18 Å². The van der Waals surface area contributed by atoms with Crippen molar-refractivity contribution in [3.8, 4) is 11.8 Å². The number of carbonyl (C=O) groups is 1. The van der Waals surface area contributed by atoms with Gasteiger partial charge in [-0.2, -0.15) is 0 Å². The number of nitrogens with one attached hydrogen (secondary N) is 1. The third kappa shape index (κ3) is 3.36. The van der Waals surface area contributed by atoms with Crippen LogP contribution in [0.2, 0.25) is 5.02 Å². The summed E-state index contributed by atoms with van der Waals surface area (Å²) in [5, 5.41) is 11.0. The topological polar surface area (TPSA) is 49.3 Å². The van der Waals surface area contributed by atoms with Gasteiger partial charge >= 0.3 is 0 Å². The van der Waals surface area contributed by atoms with Gasteiger partial charge in [0.1, 0.15) is 6.61 Å². The van der Waals surface area contributed by atoms with E-state index in [2.05, 4.69) is 17.2 Å². The van der Waals surface area contributed by atoms with Crippen LogP contribution in [0, 0.1) is 17.7 Å². The lowest BCUT2D eigenvalue weighted by atomic mass is 10.3.